The number of halogens is 1. The van der Waals surface area contributed by atoms with Crippen LogP contribution in [0.1, 0.15) is 15.4 Å². The van der Waals surface area contributed by atoms with E-state index in [0.717, 1.165) is 19.6 Å². The van der Waals surface area contributed by atoms with Crippen molar-refractivity contribution in [3.63, 3.8) is 0 Å². The minimum atomic E-state index is -0.391. The molecule has 0 unspecified atom stereocenters. The number of pyridine rings is 1. The molecule has 8 heteroatoms. The van der Waals surface area contributed by atoms with Crippen molar-refractivity contribution >= 4 is 34.8 Å². The second-order valence-corrected chi connectivity index (χ2v) is 7.40. The number of hydrogen-bond donors (Lipinski definition) is 2. The molecule has 1 fully saturated rings. The summed E-state index contributed by atoms with van der Waals surface area (Å²) in [5.74, 6) is -0.455. The summed E-state index contributed by atoms with van der Waals surface area (Å²) in [5.41, 5.74) is 0.213. The zero-order valence-electron chi connectivity index (χ0n) is 13.7. The number of thiophene rings is 1. The smallest absolute Gasteiger partial charge is 0.270 e. The lowest BCUT2D eigenvalue weighted by molar-refractivity contribution is -0.917. The van der Waals surface area contributed by atoms with E-state index in [2.05, 4.69) is 27.8 Å². The number of nitrogens with one attached hydrogen (secondary N) is 2. The van der Waals surface area contributed by atoms with Crippen molar-refractivity contribution < 1.29 is 14.5 Å². The zero-order chi connectivity index (χ0) is 17.6. The second kappa shape index (κ2) is 8.42. The minimum absolute atomic E-state index is 0.0206. The van der Waals surface area contributed by atoms with Crippen molar-refractivity contribution in [3.8, 4) is 0 Å². The van der Waals surface area contributed by atoms with Crippen LogP contribution in [0.15, 0.2) is 35.8 Å². The highest BCUT2D eigenvalue weighted by atomic mass is 35.5. The first-order valence-corrected chi connectivity index (χ1v) is 9.41. The Hall–Kier alpha value is -1.96. The van der Waals surface area contributed by atoms with Crippen LogP contribution in [-0.4, -0.2) is 54.4 Å². The highest BCUT2D eigenvalue weighted by molar-refractivity contribution is 7.09. The topological polar surface area (TPSA) is 66.7 Å². The van der Waals surface area contributed by atoms with Crippen LogP contribution in [0.3, 0.4) is 0 Å². The molecule has 0 atom stereocenters. The fraction of sp³-hybridized carbons (Fsp3) is 0.353. The van der Waals surface area contributed by atoms with Gasteiger partial charge in [0.15, 0.2) is 0 Å². The summed E-state index contributed by atoms with van der Waals surface area (Å²) in [5, 5.41) is 5.14. The molecule has 1 aliphatic heterocycles. The molecule has 0 bridgehead atoms. The summed E-state index contributed by atoms with van der Waals surface area (Å²) in [6.45, 7) is 4.26. The predicted molar refractivity (Wildman–Crippen MR) is 96.9 cm³/mol. The Kier molecular flexibility index (Phi) is 6.01. The largest absolute Gasteiger partial charge is 0.342 e. The van der Waals surface area contributed by atoms with Crippen molar-refractivity contribution in [2.45, 2.75) is 6.54 Å². The van der Waals surface area contributed by atoms with Crippen molar-refractivity contribution in [3.05, 3.63) is 51.4 Å². The molecule has 0 saturated carbocycles. The van der Waals surface area contributed by atoms with Crippen LogP contribution in [0, 0.1) is 0 Å². The van der Waals surface area contributed by atoms with Gasteiger partial charge in [0, 0.05) is 11.2 Å². The zero-order valence-corrected chi connectivity index (χ0v) is 15.3. The van der Waals surface area contributed by atoms with Gasteiger partial charge in [-0.2, -0.15) is 0 Å². The lowest BCUT2D eigenvalue weighted by Crippen LogP contribution is -3.13. The Balaban J connectivity index is 1.42. The van der Waals surface area contributed by atoms with Gasteiger partial charge in [0.2, 0.25) is 5.91 Å². The van der Waals surface area contributed by atoms with Gasteiger partial charge in [-0.1, -0.05) is 17.7 Å². The highest BCUT2D eigenvalue weighted by Gasteiger charge is 2.24. The first-order chi connectivity index (χ1) is 12.1. The molecule has 2 amide bonds. The van der Waals surface area contributed by atoms with E-state index in [-0.39, 0.29) is 18.1 Å². The van der Waals surface area contributed by atoms with E-state index in [4.69, 9.17) is 11.6 Å². The monoisotopic (exact) mass is 379 g/mol. The number of carbonyl (C=O) groups excluding carboxylic acids is 2. The second-order valence-electron chi connectivity index (χ2n) is 5.93. The van der Waals surface area contributed by atoms with Crippen molar-refractivity contribution in [1.29, 1.82) is 0 Å². The van der Waals surface area contributed by atoms with Crippen molar-refractivity contribution in [2.75, 3.05) is 32.7 Å². The van der Waals surface area contributed by atoms with Gasteiger partial charge in [-0.15, -0.1) is 11.3 Å². The molecule has 0 aliphatic carbocycles. The van der Waals surface area contributed by atoms with E-state index in [9.17, 15) is 9.59 Å². The number of carbonyl (C=O) groups is 2. The molecule has 0 radical (unpaired) electrons. The number of quaternary nitrogens is 1. The van der Waals surface area contributed by atoms with E-state index in [1.165, 1.54) is 22.0 Å². The number of aromatic nitrogens is 1. The Bertz CT molecular complexity index is 730. The Morgan fingerprint density at radius 2 is 2.12 bits per heavy atom. The van der Waals surface area contributed by atoms with Crippen molar-refractivity contribution in [1.82, 2.24) is 15.2 Å². The van der Waals surface area contributed by atoms with E-state index in [1.54, 1.807) is 17.4 Å². The molecule has 3 heterocycles. The third kappa shape index (κ3) is 5.01. The van der Waals surface area contributed by atoms with E-state index in [1.807, 2.05) is 4.90 Å². The summed E-state index contributed by atoms with van der Waals surface area (Å²) in [7, 11) is 0. The molecule has 1 aliphatic rings. The average Bonchev–Trinajstić information content (AvgIpc) is 3.13. The number of piperazine rings is 1. The number of hydrogen-bond acceptors (Lipinski definition) is 4. The van der Waals surface area contributed by atoms with Crippen LogP contribution in [0.25, 0.3) is 0 Å². The predicted octanol–water partition coefficient (Wildman–Crippen LogP) is 0.454. The quantitative estimate of drug-likeness (QED) is 0.793. The molecule has 3 rings (SSSR count). The SMILES string of the molecule is O=C(NCC(=O)N1CC[NH+](Cc2cccs2)CC1)c1cc(Cl)ccn1. The van der Waals surface area contributed by atoms with Gasteiger partial charge in [-0.05, 0) is 23.6 Å². The fourth-order valence-electron chi connectivity index (χ4n) is 2.80. The Morgan fingerprint density at radius 3 is 2.80 bits per heavy atom. The lowest BCUT2D eigenvalue weighted by Gasteiger charge is -2.32. The molecule has 2 aromatic rings. The van der Waals surface area contributed by atoms with Gasteiger partial charge in [0.1, 0.15) is 12.2 Å². The normalized spacial score (nSPS) is 15.2. The molecule has 6 nitrogen and oxygen atoms in total. The molecule has 132 valence electrons. The summed E-state index contributed by atoms with van der Waals surface area (Å²) >= 11 is 7.61. The fourth-order valence-corrected chi connectivity index (χ4v) is 3.73. The molecule has 2 aromatic heterocycles. The molecule has 25 heavy (non-hydrogen) atoms. The Morgan fingerprint density at radius 1 is 1.32 bits per heavy atom. The molecule has 1 saturated heterocycles. The van der Waals surface area contributed by atoms with Crippen LogP contribution >= 0.6 is 22.9 Å². The first kappa shape index (κ1) is 17.8. The van der Waals surface area contributed by atoms with Crippen LogP contribution in [0.5, 0.6) is 0 Å². The van der Waals surface area contributed by atoms with Gasteiger partial charge >= 0.3 is 0 Å². The maximum Gasteiger partial charge on any atom is 0.270 e. The Labute approximate surface area is 155 Å². The third-order valence-corrected chi connectivity index (χ3v) is 5.29. The molecular weight excluding hydrogens is 360 g/mol. The standard InChI is InChI=1S/C17H19ClN4O2S/c18-13-3-4-19-15(10-13)17(24)20-11-16(23)22-7-5-21(6-8-22)12-14-2-1-9-25-14/h1-4,9-10H,5-8,11-12H2,(H,20,24)/p+1. The van der Waals surface area contributed by atoms with Gasteiger partial charge < -0.3 is 15.1 Å². The molecule has 2 N–H and O–H groups in total. The minimum Gasteiger partial charge on any atom is -0.342 e. The van der Waals surface area contributed by atoms with E-state index in [0.29, 0.717) is 18.1 Å². The molecule has 0 spiro atoms. The van der Waals surface area contributed by atoms with Crippen LogP contribution in [-0.2, 0) is 11.3 Å². The number of rotatable bonds is 5. The average molecular weight is 380 g/mol. The summed E-state index contributed by atoms with van der Waals surface area (Å²) in [6, 6.07) is 7.29. The van der Waals surface area contributed by atoms with E-state index < -0.39 is 5.91 Å². The maximum absolute atomic E-state index is 12.3. The van der Waals surface area contributed by atoms with Gasteiger partial charge in [-0.25, -0.2) is 0 Å². The summed E-state index contributed by atoms with van der Waals surface area (Å²) < 4.78 is 0. The van der Waals surface area contributed by atoms with E-state index >= 15 is 0 Å². The van der Waals surface area contributed by atoms with Gasteiger partial charge in [0.05, 0.1) is 37.6 Å². The van der Waals surface area contributed by atoms with Gasteiger partial charge in [0.25, 0.3) is 5.91 Å². The lowest BCUT2D eigenvalue weighted by atomic mass is 10.3. The highest BCUT2D eigenvalue weighted by Crippen LogP contribution is 2.08. The third-order valence-electron chi connectivity index (χ3n) is 4.18. The summed E-state index contributed by atoms with van der Waals surface area (Å²) in [4.78, 5) is 32.9. The van der Waals surface area contributed by atoms with Crippen LogP contribution in [0.4, 0.5) is 0 Å². The molecular formula is C17H20ClN4O2S+. The maximum atomic E-state index is 12.3. The molecule has 0 aromatic carbocycles. The van der Waals surface area contributed by atoms with Crippen LogP contribution < -0.4 is 10.2 Å². The summed E-state index contributed by atoms with van der Waals surface area (Å²) in [6.07, 6.45) is 1.47. The van der Waals surface area contributed by atoms with Crippen molar-refractivity contribution in [2.24, 2.45) is 0 Å². The number of nitrogens with zero attached hydrogens (tertiary/aromatic N) is 2. The first-order valence-electron chi connectivity index (χ1n) is 8.15. The van der Waals surface area contributed by atoms with Crippen LogP contribution in [0.2, 0.25) is 5.02 Å². The van der Waals surface area contributed by atoms with Gasteiger partial charge in [-0.3, -0.25) is 14.6 Å². The number of amides is 2.